The molecule has 2 aliphatic rings. The zero-order chi connectivity index (χ0) is 16.1. The number of hydrogen-bond donors (Lipinski definition) is 1. The van der Waals surface area contributed by atoms with Crippen LogP contribution in [0.4, 0.5) is 4.39 Å². The number of benzene rings is 1. The highest BCUT2D eigenvalue weighted by atomic mass is 19.1. The molecule has 2 fully saturated rings. The van der Waals surface area contributed by atoms with E-state index in [2.05, 4.69) is 10.2 Å². The molecule has 4 nitrogen and oxygen atoms in total. The maximum absolute atomic E-state index is 13.6. The summed E-state index contributed by atoms with van der Waals surface area (Å²) < 4.78 is 19.2. The fourth-order valence-corrected chi connectivity index (χ4v) is 3.52. The van der Waals surface area contributed by atoms with Gasteiger partial charge in [-0.25, -0.2) is 4.39 Å². The van der Waals surface area contributed by atoms with Crippen molar-refractivity contribution in [3.05, 3.63) is 35.6 Å². The Morgan fingerprint density at radius 2 is 2.00 bits per heavy atom. The lowest BCUT2D eigenvalue weighted by atomic mass is 10.0. The third kappa shape index (κ3) is 4.30. The predicted molar refractivity (Wildman–Crippen MR) is 86.7 cm³/mol. The highest BCUT2D eigenvalue weighted by Gasteiger charge is 2.34. The van der Waals surface area contributed by atoms with Gasteiger partial charge in [0.15, 0.2) is 0 Å². The molecule has 126 valence electrons. The van der Waals surface area contributed by atoms with Gasteiger partial charge in [0.25, 0.3) is 0 Å². The van der Waals surface area contributed by atoms with Crippen LogP contribution < -0.4 is 5.32 Å². The molecule has 3 rings (SSSR count). The van der Waals surface area contributed by atoms with Gasteiger partial charge >= 0.3 is 0 Å². The van der Waals surface area contributed by atoms with Crippen molar-refractivity contribution in [1.82, 2.24) is 10.2 Å². The summed E-state index contributed by atoms with van der Waals surface area (Å²) in [6.45, 7) is 3.45. The van der Waals surface area contributed by atoms with Crippen LogP contribution in [0.25, 0.3) is 0 Å². The average Bonchev–Trinajstić information content (AvgIpc) is 3.03. The van der Waals surface area contributed by atoms with E-state index >= 15 is 0 Å². The third-order valence-electron chi connectivity index (χ3n) is 4.84. The number of halogens is 1. The standard InChI is InChI=1S/C18H25FN2O2/c19-15-7-3-2-6-14(15)8-9-18(22)20-16-12-23-13-17(16)21-10-4-1-5-11-21/h2-3,6-7,16-17H,1,4-5,8-13H2,(H,20,22)/t16-,17-/m1/s1. The maximum atomic E-state index is 13.6. The van der Waals surface area contributed by atoms with Crippen molar-refractivity contribution in [3.63, 3.8) is 0 Å². The minimum atomic E-state index is -0.240. The van der Waals surface area contributed by atoms with Crippen molar-refractivity contribution in [2.24, 2.45) is 0 Å². The van der Waals surface area contributed by atoms with Crippen molar-refractivity contribution < 1.29 is 13.9 Å². The van der Waals surface area contributed by atoms with Crippen LogP contribution >= 0.6 is 0 Å². The molecule has 0 bridgehead atoms. The summed E-state index contributed by atoms with van der Waals surface area (Å²) in [6, 6.07) is 6.97. The molecular weight excluding hydrogens is 295 g/mol. The molecule has 23 heavy (non-hydrogen) atoms. The van der Waals surface area contributed by atoms with E-state index in [1.165, 1.54) is 25.3 Å². The Hall–Kier alpha value is -1.46. The van der Waals surface area contributed by atoms with Gasteiger partial charge in [0.05, 0.1) is 25.3 Å². The first-order valence-electron chi connectivity index (χ1n) is 8.58. The number of amides is 1. The van der Waals surface area contributed by atoms with E-state index in [0.29, 0.717) is 31.6 Å². The second-order valence-corrected chi connectivity index (χ2v) is 6.47. The van der Waals surface area contributed by atoms with Gasteiger partial charge in [0, 0.05) is 6.42 Å². The smallest absolute Gasteiger partial charge is 0.220 e. The first-order valence-corrected chi connectivity index (χ1v) is 8.58. The van der Waals surface area contributed by atoms with Crippen LogP contribution in [-0.4, -0.2) is 49.2 Å². The van der Waals surface area contributed by atoms with Crippen molar-refractivity contribution in [1.29, 1.82) is 0 Å². The van der Waals surface area contributed by atoms with Crippen LogP contribution in [0, 0.1) is 5.82 Å². The summed E-state index contributed by atoms with van der Waals surface area (Å²) in [5.41, 5.74) is 0.595. The van der Waals surface area contributed by atoms with E-state index in [-0.39, 0.29) is 23.8 Å². The highest BCUT2D eigenvalue weighted by Crippen LogP contribution is 2.19. The Kier molecular flexibility index (Phi) is 5.62. The number of carbonyl (C=O) groups is 1. The molecule has 0 spiro atoms. The summed E-state index contributed by atoms with van der Waals surface area (Å²) in [5.74, 6) is -0.263. The van der Waals surface area contributed by atoms with Gasteiger partial charge < -0.3 is 10.1 Å². The van der Waals surface area contributed by atoms with Gasteiger partial charge in [-0.05, 0) is 44.0 Å². The molecule has 1 N–H and O–H groups in total. The van der Waals surface area contributed by atoms with Gasteiger partial charge in [0.1, 0.15) is 5.82 Å². The van der Waals surface area contributed by atoms with Crippen LogP contribution in [0.15, 0.2) is 24.3 Å². The van der Waals surface area contributed by atoms with Crippen LogP contribution in [0.1, 0.15) is 31.2 Å². The Morgan fingerprint density at radius 3 is 2.78 bits per heavy atom. The normalized spacial score (nSPS) is 25.4. The Bertz CT molecular complexity index is 532. The minimum Gasteiger partial charge on any atom is -0.378 e. The van der Waals surface area contributed by atoms with E-state index in [9.17, 15) is 9.18 Å². The molecule has 2 saturated heterocycles. The first kappa shape index (κ1) is 16.4. The van der Waals surface area contributed by atoms with E-state index in [1.807, 2.05) is 0 Å². The summed E-state index contributed by atoms with van der Waals surface area (Å²) in [4.78, 5) is 14.6. The van der Waals surface area contributed by atoms with Crippen LogP contribution in [0.5, 0.6) is 0 Å². The Labute approximate surface area is 137 Å². The lowest BCUT2D eigenvalue weighted by Gasteiger charge is -2.34. The summed E-state index contributed by atoms with van der Waals surface area (Å²) in [5, 5.41) is 3.09. The lowest BCUT2D eigenvalue weighted by Crippen LogP contribution is -2.52. The first-order chi connectivity index (χ1) is 11.2. The largest absolute Gasteiger partial charge is 0.378 e. The van der Waals surface area contributed by atoms with Gasteiger partial charge in [-0.1, -0.05) is 24.6 Å². The summed E-state index contributed by atoms with van der Waals surface area (Å²) in [6.07, 6.45) is 4.49. The van der Waals surface area contributed by atoms with Crippen molar-refractivity contribution >= 4 is 5.91 Å². The van der Waals surface area contributed by atoms with E-state index in [4.69, 9.17) is 4.74 Å². The second-order valence-electron chi connectivity index (χ2n) is 6.47. The number of carbonyl (C=O) groups excluding carboxylic acids is 1. The zero-order valence-corrected chi connectivity index (χ0v) is 13.5. The third-order valence-corrected chi connectivity index (χ3v) is 4.84. The Balaban J connectivity index is 1.49. The molecule has 0 saturated carbocycles. The molecule has 0 aromatic heterocycles. The van der Waals surface area contributed by atoms with Crippen molar-refractivity contribution in [2.75, 3.05) is 26.3 Å². The lowest BCUT2D eigenvalue weighted by molar-refractivity contribution is -0.122. The number of nitrogens with zero attached hydrogens (tertiary/aromatic N) is 1. The SMILES string of the molecule is O=C(CCc1ccccc1F)N[C@@H]1COC[C@H]1N1CCCCC1. The van der Waals surface area contributed by atoms with E-state index in [0.717, 1.165) is 13.1 Å². The minimum absolute atomic E-state index is 0.0224. The average molecular weight is 320 g/mol. The molecule has 0 aliphatic carbocycles. The second kappa shape index (κ2) is 7.88. The number of rotatable bonds is 5. The molecular formula is C18H25FN2O2. The summed E-state index contributed by atoms with van der Waals surface area (Å²) in [7, 11) is 0. The van der Waals surface area contributed by atoms with Gasteiger partial charge in [-0.3, -0.25) is 9.69 Å². The van der Waals surface area contributed by atoms with Crippen LogP contribution in [0.2, 0.25) is 0 Å². The topological polar surface area (TPSA) is 41.6 Å². The van der Waals surface area contributed by atoms with Crippen LogP contribution in [0.3, 0.4) is 0 Å². The molecule has 0 radical (unpaired) electrons. The molecule has 2 aliphatic heterocycles. The maximum Gasteiger partial charge on any atom is 0.220 e. The van der Waals surface area contributed by atoms with Crippen molar-refractivity contribution in [2.45, 2.75) is 44.2 Å². The number of likely N-dealkylation sites (tertiary alicyclic amines) is 1. The highest BCUT2D eigenvalue weighted by molar-refractivity contribution is 5.76. The zero-order valence-electron chi connectivity index (χ0n) is 13.5. The van der Waals surface area contributed by atoms with Crippen LogP contribution in [-0.2, 0) is 16.0 Å². The quantitative estimate of drug-likeness (QED) is 0.904. The molecule has 5 heteroatoms. The number of piperidine rings is 1. The van der Waals surface area contributed by atoms with Gasteiger partial charge in [0.2, 0.25) is 5.91 Å². The van der Waals surface area contributed by atoms with E-state index in [1.54, 1.807) is 18.2 Å². The molecule has 2 heterocycles. The number of nitrogens with one attached hydrogen (secondary N) is 1. The van der Waals surface area contributed by atoms with E-state index < -0.39 is 0 Å². The molecule has 1 aromatic carbocycles. The summed E-state index contributed by atoms with van der Waals surface area (Å²) >= 11 is 0. The van der Waals surface area contributed by atoms with Gasteiger partial charge in [-0.15, -0.1) is 0 Å². The van der Waals surface area contributed by atoms with Crippen molar-refractivity contribution in [3.8, 4) is 0 Å². The predicted octanol–water partition coefficient (Wildman–Crippen LogP) is 2.13. The number of aryl methyl sites for hydroxylation is 1. The fraction of sp³-hybridized carbons (Fsp3) is 0.611. The number of hydrogen-bond acceptors (Lipinski definition) is 3. The molecule has 0 unspecified atom stereocenters. The molecule has 2 atom stereocenters. The molecule has 1 amide bonds. The Morgan fingerprint density at radius 1 is 1.22 bits per heavy atom. The molecule has 1 aromatic rings. The fourth-order valence-electron chi connectivity index (χ4n) is 3.52. The number of ether oxygens (including phenoxy) is 1. The van der Waals surface area contributed by atoms with Gasteiger partial charge in [-0.2, -0.15) is 0 Å². The monoisotopic (exact) mass is 320 g/mol.